The molecule has 0 atom stereocenters. The predicted octanol–water partition coefficient (Wildman–Crippen LogP) is 5.76. The average Bonchev–Trinajstić information content (AvgIpc) is 2.38. The minimum atomic E-state index is 0.189. The van der Waals surface area contributed by atoms with E-state index in [4.69, 9.17) is 0 Å². The summed E-state index contributed by atoms with van der Waals surface area (Å²) in [5.41, 5.74) is 5.96. The van der Waals surface area contributed by atoms with E-state index in [1.807, 2.05) is 19.1 Å². The zero-order valence-electron chi connectivity index (χ0n) is 12.8. The molecule has 2 rings (SSSR count). The SMILES string of the molecule is C=C(C)c1ccccc1Nc1ccc(C(C)(C)C)cc1. The van der Waals surface area contributed by atoms with Gasteiger partial charge in [0.1, 0.15) is 0 Å². The van der Waals surface area contributed by atoms with Crippen LogP contribution in [0.25, 0.3) is 5.57 Å². The van der Waals surface area contributed by atoms with Gasteiger partial charge in [-0.3, -0.25) is 0 Å². The van der Waals surface area contributed by atoms with Crippen molar-refractivity contribution in [3.05, 3.63) is 66.2 Å². The minimum absolute atomic E-state index is 0.189. The van der Waals surface area contributed by atoms with E-state index in [1.165, 1.54) is 5.56 Å². The van der Waals surface area contributed by atoms with Crippen LogP contribution in [0.5, 0.6) is 0 Å². The largest absolute Gasteiger partial charge is 0.355 e. The Kier molecular flexibility index (Phi) is 3.99. The predicted molar refractivity (Wildman–Crippen MR) is 89.6 cm³/mol. The highest BCUT2D eigenvalue weighted by atomic mass is 14.9. The molecule has 20 heavy (non-hydrogen) atoms. The summed E-state index contributed by atoms with van der Waals surface area (Å²) in [6.07, 6.45) is 0. The molecule has 0 bridgehead atoms. The van der Waals surface area contributed by atoms with Crippen molar-refractivity contribution in [2.45, 2.75) is 33.1 Å². The molecule has 1 nitrogen and oxygen atoms in total. The van der Waals surface area contributed by atoms with Gasteiger partial charge >= 0.3 is 0 Å². The molecule has 0 spiro atoms. The van der Waals surface area contributed by atoms with Crippen LogP contribution >= 0.6 is 0 Å². The summed E-state index contributed by atoms with van der Waals surface area (Å²) in [6, 6.07) is 16.9. The molecule has 0 saturated heterocycles. The van der Waals surface area contributed by atoms with Gasteiger partial charge in [0, 0.05) is 16.9 Å². The van der Waals surface area contributed by atoms with Crippen LogP contribution in [-0.2, 0) is 5.41 Å². The average molecular weight is 265 g/mol. The highest BCUT2D eigenvalue weighted by Gasteiger charge is 2.12. The molecular formula is C19H23N. The lowest BCUT2D eigenvalue weighted by atomic mass is 9.87. The lowest BCUT2D eigenvalue weighted by molar-refractivity contribution is 0.590. The number of nitrogens with one attached hydrogen (secondary N) is 1. The second kappa shape index (κ2) is 5.54. The van der Waals surface area contributed by atoms with E-state index in [0.717, 1.165) is 22.5 Å². The van der Waals surface area contributed by atoms with Gasteiger partial charge in [-0.1, -0.05) is 57.7 Å². The summed E-state index contributed by atoms with van der Waals surface area (Å²) < 4.78 is 0. The first-order chi connectivity index (χ1) is 9.38. The van der Waals surface area contributed by atoms with Crippen molar-refractivity contribution in [2.75, 3.05) is 5.32 Å². The molecule has 2 aromatic rings. The monoisotopic (exact) mass is 265 g/mol. The zero-order valence-corrected chi connectivity index (χ0v) is 12.8. The fraction of sp³-hybridized carbons (Fsp3) is 0.263. The Labute approximate surface area is 122 Å². The van der Waals surface area contributed by atoms with E-state index in [1.54, 1.807) is 0 Å². The molecule has 0 radical (unpaired) electrons. The van der Waals surface area contributed by atoms with Crippen LogP contribution in [0.2, 0.25) is 0 Å². The molecule has 0 amide bonds. The van der Waals surface area contributed by atoms with Gasteiger partial charge in [0.2, 0.25) is 0 Å². The Hall–Kier alpha value is -2.02. The highest BCUT2D eigenvalue weighted by Crippen LogP contribution is 2.28. The third kappa shape index (κ3) is 3.30. The van der Waals surface area contributed by atoms with Crippen LogP contribution < -0.4 is 5.32 Å². The van der Waals surface area contributed by atoms with Gasteiger partial charge in [-0.2, -0.15) is 0 Å². The molecule has 0 aliphatic heterocycles. The van der Waals surface area contributed by atoms with Gasteiger partial charge < -0.3 is 5.32 Å². The maximum Gasteiger partial charge on any atom is 0.0460 e. The molecule has 1 heteroatoms. The molecule has 0 unspecified atom stereocenters. The maximum atomic E-state index is 4.03. The normalized spacial score (nSPS) is 11.2. The summed E-state index contributed by atoms with van der Waals surface area (Å²) in [7, 11) is 0. The van der Waals surface area contributed by atoms with Crippen LogP contribution in [0.4, 0.5) is 11.4 Å². The van der Waals surface area contributed by atoms with Crippen LogP contribution in [0, 0.1) is 0 Å². The minimum Gasteiger partial charge on any atom is -0.355 e. The smallest absolute Gasteiger partial charge is 0.0460 e. The Balaban J connectivity index is 2.25. The lowest BCUT2D eigenvalue weighted by Gasteiger charge is -2.19. The molecule has 0 fully saturated rings. The summed E-state index contributed by atoms with van der Waals surface area (Å²) in [4.78, 5) is 0. The maximum absolute atomic E-state index is 4.03. The van der Waals surface area contributed by atoms with Crippen LogP contribution in [0.1, 0.15) is 38.8 Å². The fourth-order valence-electron chi connectivity index (χ4n) is 2.17. The summed E-state index contributed by atoms with van der Waals surface area (Å²) in [6.45, 7) is 12.7. The summed E-state index contributed by atoms with van der Waals surface area (Å²) in [5, 5.41) is 3.47. The van der Waals surface area contributed by atoms with Gasteiger partial charge in [-0.25, -0.2) is 0 Å². The number of allylic oxidation sites excluding steroid dienone is 1. The van der Waals surface area contributed by atoms with Crippen molar-refractivity contribution < 1.29 is 0 Å². The number of rotatable bonds is 3. The van der Waals surface area contributed by atoms with Crippen molar-refractivity contribution in [2.24, 2.45) is 0 Å². The van der Waals surface area contributed by atoms with Crippen molar-refractivity contribution in [3.8, 4) is 0 Å². The second-order valence-corrected chi connectivity index (χ2v) is 6.28. The molecule has 0 aliphatic carbocycles. The van der Waals surface area contributed by atoms with Crippen molar-refractivity contribution in [1.29, 1.82) is 0 Å². The van der Waals surface area contributed by atoms with Crippen molar-refractivity contribution >= 4 is 16.9 Å². The lowest BCUT2D eigenvalue weighted by Crippen LogP contribution is -2.10. The van der Waals surface area contributed by atoms with Gasteiger partial charge in [0.05, 0.1) is 0 Å². The molecule has 0 aliphatic rings. The Morgan fingerprint density at radius 3 is 2.10 bits per heavy atom. The first-order valence-electron chi connectivity index (χ1n) is 7.00. The molecule has 2 aromatic carbocycles. The first-order valence-corrected chi connectivity index (χ1v) is 7.00. The van der Waals surface area contributed by atoms with Crippen LogP contribution in [0.15, 0.2) is 55.1 Å². The topological polar surface area (TPSA) is 12.0 Å². The first kappa shape index (κ1) is 14.4. The number of anilines is 2. The van der Waals surface area contributed by atoms with Gasteiger partial charge in [-0.05, 0) is 41.7 Å². The van der Waals surface area contributed by atoms with E-state index >= 15 is 0 Å². The van der Waals surface area contributed by atoms with Crippen LogP contribution in [-0.4, -0.2) is 0 Å². The number of benzene rings is 2. The third-order valence-electron chi connectivity index (χ3n) is 3.42. The van der Waals surface area contributed by atoms with Gasteiger partial charge in [0.15, 0.2) is 0 Å². The van der Waals surface area contributed by atoms with Gasteiger partial charge in [0.25, 0.3) is 0 Å². The zero-order chi connectivity index (χ0) is 14.8. The quantitative estimate of drug-likeness (QED) is 0.743. The van der Waals surface area contributed by atoms with E-state index in [-0.39, 0.29) is 5.41 Å². The van der Waals surface area contributed by atoms with E-state index in [9.17, 15) is 0 Å². The molecule has 0 aromatic heterocycles. The van der Waals surface area contributed by atoms with Gasteiger partial charge in [-0.15, -0.1) is 0 Å². The summed E-state index contributed by atoms with van der Waals surface area (Å²) >= 11 is 0. The second-order valence-electron chi connectivity index (χ2n) is 6.28. The van der Waals surface area contributed by atoms with Crippen LogP contribution in [0.3, 0.4) is 0 Å². The molecule has 0 heterocycles. The van der Waals surface area contributed by atoms with E-state index in [0.29, 0.717) is 0 Å². The number of hydrogen-bond acceptors (Lipinski definition) is 1. The highest BCUT2D eigenvalue weighted by molar-refractivity contribution is 5.77. The van der Waals surface area contributed by atoms with Crippen molar-refractivity contribution in [3.63, 3.8) is 0 Å². The molecule has 104 valence electrons. The van der Waals surface area contributed by atoms with E-state index < -0.39 is 0 Å². The fourth-order valence-corrected chi connectivity index (χ4v) is 2.17. The third-order valence-corrected chi connectivity index (χ3v) is 3.42. The Morgan fingerprint density at radius 1 is 0.950 bits per heavy atom. The molecular weight excluding hydrogens is 242 g/mol. The Bertz CT molecular complexity index is 600. The standard InChI is InChI=1S/C19H23N/c1-14(2)17-8-6-7-9-18(17)20-16-12-10-15(11-13-16)19(3,4)5/h6-13,20H,1H2,2-5H3. The number of para-hydroxylation sites is 1. The molecule has 0 saturated carbocycles. The number of hydrogen-bond donors (Lipinski definition) is 1. The summed E-state index contributed by atoms with van der Waals surface area (Å²) in [5.74, 6) is 0. The van der Waals surface area contributed by atoms with Crippen molar-refractivity contribution in [1.82, 2.24) is 0 Å². The van der Waals surface area contributed by atoms with E-state index in [2.05, 4.69) is 69.1 Å². The molecule has 1 N–H and O–H groups in total. The Morgan fingerprint density at radius 2 is 1.55 bits per heavy atom.